The minimum atomic E-state index is -3.04. The number of carbonyl (C=O) groups is 3. The van der Waals surface area contributed by atoms with Crippen LogP contribution in [-0.2, 0) is 67.5 Å². The van der Waals surface area contributed by atoms with E-state index in [4.69, 9.17) is 46.5 Å². The highest BCUT2D eigenvalue weighted by molar-refractivity contribution is 7.54. The molecule has 0 spiro atoms. The third-order valence-electron chi connectivity index (χ3n) is 11.6. The van der Waals surface area contributed by atoms with Gasteiger partial charge in [-0.2, -0.15) is 0 Å². The predicted octanol–water partition coefficient (Wildman–Crippen LogP) is 13.3. The number of benzene rings is 2. The van der Waals surface area contributed by atoms with Crippen molar-refractivity contribution in [2.24, 2.45) is 0 Å². The molecule has 2 aliphatic rings. The van der Waals surface area contributed by atoms with E-state index >= 15 is 0 Å². The fourth-order valence-corrected chi connectivity index (χ4v) is 12.0. The Morgan fingerprint density at radius 2 is 1.01 bits per heavy atom. The summed E-state index contributed by atoms with van der Waals surface area (Å²) in [6.45, 7) is 33.7. The van der Waals surface area contributed by atoms with Gasteiger partial charge in [0.15, 0.2) is 0 Å². The summed E-state index contributed by atoms with van der Waals surface area (Å²) in [4.78, 5) is 35.9. The zero-order valence-corrected chi connectivity index (χ0v) is 49.9. The van der Waals surface area contributed by atoms with E-state index in [1.165, 1.54) is 0 Å². The number of fused-ring (bicyclic) bond motifs is 2. The van der Waals surface area contributed by atoms with E-state index in [9.17, 15) is 23.5 Å². The van der Waals surface area contributed by atoms with Crippen molar-refractivity contribution in [1.82, 2.24) is 0 Å². The number of allylic oxidation sites excluding steroid dienone is 4. The Labute approximate surface area is 427 Å². The standard InChI is InChI=1S/C26H43O7PSi.C20H28O5Si.C6H15O3P/c1-9-32-34(28,33-10-2)16-11-12-19(3)13-14-21-24(29-5)20(4)22-18-31-26(27)23(22)25(21)30-15-17-35(6,7)8;1-13(11-21)7-8-15-18(23-3)14(2)16-12-25-20(22)17(16)19(15)24-9-10-26(4,5)6;1-4-8-10(7,6-3)9-5-2/h13H,9-12,14-18H2,1-8H3;7,11H,8-10,12H2,1-6H3;4-6H2,1-3H3/b19-13+;13-7+;. The maximum atomic E-state index is 12.7. The summed E-state index contributed by atoms with van der Waals surface area (Å²) in [6.07, 6.45) is 8.09. The quantitative estimate of drug-likeness (QED) is 0.0196. The first-order valence-corrected chi connectivity index (χ1v) is 35.8. The van der Waals surface area contributed by atoms with Crippen LogP contribution in [0, 0.1) is 13.8 Å². The summed E-state index contributed by atoms with van der Waals surface area (Å²) in [5.41, 5.74) is 7.96. The van der Waals surface area contributed by atoms with Crippen LogP contribution < -0.4 is 18.9 Å². The lowest BCUT2D eigenvalue weighted by atomic mass is 9.94. The lowest BCUT2D eigenvalue weighted by molar-refractivity contribution is -0.104. The third-order valence-corrected chi connectivity index (χ3v) is 19.3. The van der Waals surface area contributed by atoms with Crippen LogP contribution in [0.3, 0.4) is 0 Å². The second-order valence-corrected chi connectivity index (χ2v) is 35.5. The van der Waals surface area contributed by atoms with Crippen LogP contribution in [-0.4, -0.2) is 101 Å². The maximum Gasteiger partial charge on any atom is 0.342 e. The minimum Gasteiger partial charge on any atom is -0.496 e. The number of hydrogen-bond acceptors (Lipinski definition) is 15. The Balaban J connectivity index is 0.000000419. The Bertz CT molecular complexity index is 2240. The van der Waals surface area contributed by atoms with E-state index in [2.05, 4.69) is 52.3 Å². The molecule has 0 fully saturated rings. The molecule has 0 aliphatic carbocycles. The third kappa shape index (κ3) is 19.7. The van der Waals surface area contributed by atoms with E-state index in [1.807, 2.05) is 33.8 Å². The lowest BCUT2D eigenvalue weighted by Crippen LogP contribution is -2.23. The zero-order valence-electron chi connectivity index (χ0n) is 46.1. The van der Waals surface area contributed by atoms with Crippen molar-refractivity contribution in [2.45, 2.75) is 153 Å². The first-order valence-electron chi connectivity index (χ1n) is 24.9. The van der Waals surface area contributed by atoms with E-state index in [0.717, 1.165) is 69.5 Å². The molecule has 4 rings (SSSR count). The second-order valence-electron chi connectivity index (χ2n) is 19.7. The molecule has 0 saturated heterocycles. The van der Waals surface area contributed by atoms with Crippen molar-refractivity contribution in [3.8, 4) is 23.0 Å². The van der Waals surface area contributed by atoms with Gasteiger partial charge < -0.3 is 46.5 Å². The smallest absolute Gasteiger partial charge is 0.342 e. The second kappa shape index (κ2) is 30.0. The van der Waals surface area contributed by atoms with Gasteiger partial charge >= 0.3 is 27.1 Å². The number of hydrogen-bond donors (Lipinski definition) is 0. The molecule has 2 aromatic carbocycles. The Hall–Kier alpha value is -3.54. The number of cyclic esters (lactones) is 2. The van der Waals surface area contributed by atoms with E-state index < -0.39 is 31.3 Å². The van der Waals surface area contributed by atoms with Crippen LogP contribution in [0.2, 0.25) is 51.4 Å². The molecule has 2 heterocycles. The monoisotopic (exact) mass is 1070 g/mol. The molecule has 71 heavy (non-hydrogen) atoms. The highest BCUT2D eigenvalue weighted by Gasteiger charge is 2.35. The normalized spacial score (nSPS) is 13.8. The molecule has 2 aliphatic heterocycles. The summed E-state index contributed by atoms with van der Waals surface area (Å²) >= 11 is 0. The SMILES string of the molecule is CCOP(=O)(CC)OCC.CCOP(=O)(CCC/C(C)=C/Cc1c(OC)c(C)c2c(c1OCC[Si](C)(C)C)C(=O)OC2)OCC.COc1c(C)c2c(c(OCC[Si](C)(C)C)c1C/C=C(\C)C=O)C(=O)OC2. The predicted molar refractivity (Wildman–Crippen MR) is 288 cm³/mol. The highest BCUT2D eigenvalue weighted by Crippen LogP contribution is 2.50. The van der Waals surface area contributed by atoms with Crippen molar-refractivity contribution in [3.63, 3.8) is 0 Å². The van der Waals surface area contributed by atoms with Crippen LogP contribution >= 0.6 is 15.2 Å². The maximum absolute atomic E-state index is 12.7. The Morgan fingerprint density at radius 3 is 1.37 bits per heavy atom. The summed E-state index contributed by atoms with van der Waals surface area (Å²) in [7, 11) is -5.07. The fourth-order valence-electron chi connectivity index (χ4n) is 7.67. The average molecular weight is 1070 g/mol. The number of carbonyl (C=O) groups excluding carboxylic acids is 3. The van der Waals surface area contributed by atoms with Crippen molar-refractivity contribution in [1.29, 1.82) is 0 Å². The van der Waals surface area contributed by atoms with Gasteiger partial charge in [0.25, 0.3) is 0 Å². The molecule has 0 aromatic heterocycles. The summed E-state index contributed by atoms with van der Waals surface area (Å²) in [6, 6.07) is 1.97. The van der Waals surface area contributed by atoms with Gasteiger partial charge in [-0.25, -0.2) is 9.59 Å². The van der Waals surface area contributed by atoms with Gasteiger partial charge in [-0.3, -0.25) is 13.9 Å². The number of ether oxygens (including phenoxy) is 6. The van der Waals surface area contributed by atoms with Crippen molar-refractivity contribution in [3.05, 3.63) is 67.8 Å². The molecular formula is C52H86O15P2Si2. The molecule has 0 saturated carbocycles. The summed E-state index contributed by atoms with van der Waals surface area (Å²) < 4.78 is 79.2. The summed E-state index contributed by atoms with van der Waals surface area (Å²) in [5.74, 6) is 1.87. The molecule has 2 aromatic rings. The Kier molecular flexibility index (Phi) is 26.9. The average Bonchev–Trinajstić information content (AvgIpc) is 3.88. The number of methoxy groups -OCH3 is 2. The molecule has 0 radical (unpaired) electrons. The molecular weight excluding hydrogens is 983 g/mol. The largest absolute Gasteiger partial charge is 0.496 e. The first kappa shape index (κ1) is 63.6. The molecule has 402 valence electrons. The molecule has 19 heteroatoms. The van der Waals surface area contributed by atoms with Crippen LogP contribution in [0.15, 0.2) is 23.3 Å². The van der Waals surface area contributed by atoms with Crippen LogP contribution in [0.25, 0.3) is 0 Å². The lowest BCUT2D eigenvalue weighted by Gasteiger charge is -2.21. The van der Waals surface area contributed by atoms with Gasteiger partial charge in [0.2, 0.25) is 0 Å². The first-order chi connectivity index (χ1) is 33.3. The Morgan fingerprint density at radius 1 is 0.620 bits per heavy atom. The van der Waals surface area contributed by atoms with E-state index in [0.29, 0.717) is 105 Å². The van der Waals surface area contributed by atoms with Crippen LogP contribution in [0.1, 0.15) is 115 Å². The molecule has 0 bridgehead atoms. The zero-order chi connectivity index (χ0) is 53.7. The van der Waals surface area contributed by atoms with Crippen molar-refractivity contribution in [2.75, 3.05) is 66.2 Å². The molecule has 15 nitrogen and oxygen atoms in total. The van der Waals surface area contributed by atoms with Gasteiger partial charge in [-0.05, 0) is 110 Å². The fraction of sp³-hybridized carbons (Fsp3) is 0.635. The molecule has 0 amide bonds. The molecule has 0 N–H and O–H groups in total. The van der Waals surface area contributed by atoms with Gasteiger partial charge in [0, 0.05) is 44.6 Å². The highest BCUT2D eigenvalue weighted by atomic mass is 31.2. The van der Waals surface area contributed by atoms with Gasteiger partial charge in [-0.15, -0.1) is 0 Å². The van der Waals surface area contributed by atoms with Crippen LogP contribution in [0.5, 0.6) is 23.0 Å². The topological polar surface area (TPSA) is 178 Å². The summed E-state index contributed by atoms with van der Waals surface area (Å²) in [5, 5.41) is 0. The van der Waals surface area contributed by atoms with Gasteiger partial charge in [0.05, 0.1) is 60.0 Å². The van der Waals surface area contributed by atoms with Crippen LogP contribution in [0.4, 0.5) is 0 Å². The van der Waals surface area contributed by atoms with E-state index in [1.54, 1.807) is 41.9 Å². The molecule has 0 unspecified atom stereocenters. The van der Waals surface area contributed by atoms with Gasteiger partial charge in [0.1, 0.15) is 53.6 Å². The van der Waals surface area contributed by atoms with E-state index in [-0.39, 0.29) is 25.2 Å². The number of esters is 2. The van der Waals surface area contributed by atoms with Gasteiger partial charge in [-0.1, -0.05) is 63.9 Å². The molecule has 0 atom stereocenters. The number of rotatable bonds is 28. The minimum absolute atomic E-state index is 0.240. The van der Waals surface area contributed by atoms with Crippen molar-refractivity contribution >= 4 is 49.6 Å². The van der Waals surface area contributed by atoms with Crippen molar-refractivity contribution < 1.29 is 70.0 Å². The number of aldehydes is 1.